The maximum Gasteiger partial charge on any atom is 0.313 e. The van der Waals surface area contributed by atoms with Crippen LogP contribution in [-0.2, 0) is 11.3 Å². The Morgan fingerprint density at radius 2 is 2.00 bits per heavy atom. The summed E-state index contributed by atoms with van der Waals surface area (Å²) in [6, 6.07) is 9.83. The molecule has 0 aromatic heterocycles. The third-order valence-corrected chi connectivity index (χ3v) is 4.88. The summed E-state index contributed by atoms with van der Waals surface area (Å²) in [5.41, 5.74) is 8.33. The zero-order chi connectivity index (χ0) is 20.7. The van der Waals surface area contributed by atoms with Gasteiger partial charge in [0.1, 0.15) is 5.82 Å². The molecule has 1 aromatic rings. The van der Waals surface area contributed by atoms with Crippen LogP contribution in [0.3, 0.4) is 0 Å². The van der Waals surface area contributed by atoms with Gasteiger partial charge >= 0.3 is 6.02 Å². The molecule has 0 spiro atoms. The number of amidine groups is 1. The van der Waals surface area contributed by atoms with E-state index in [0.29, 0.717) is 18.0 Å². The summed E-state index contributed by atoms with van der Waals surface area (Å²) in [5.74, 6) is 0.881. The smallest absolute Gasteiger partial charge is 0.313 e. The van der Waals surface area contributed by atoms with Crippen LogP contribution in [0, 0.1) is 12.8 Å². The molecule has 1 heterocycles. The lowest BCUT2D eigenvalue weighted by atomic mass is 10.1. The van der Waals surface area contributed by atoms with Crippen molar-refractivity contribution in [3.63, 3.8) is 0 Å². The highest BCUT2D eigenvalue weighted by atomic mass is 16.7. The largest absolute Gasteiger partial charge is 0.384 e. The quantitative estimate of drug-likeness (QED) is 0.549. The molecule has 1 saturated heterocycles. The van der Waals surface area contributed by atoms with Gasteiger partial charge in [0.05, 0.1) is 6.54 Å². The Balaban J connectivity index is 1.96. The molecule has 2 rings (SSSR count). The first-order valence-electron chi connectivity index (χ1n) is 10.2. The van der Waals surface area contributed by atoms with Crippen molar-refractivity contribution in [3.8, 4) is 0 Å². The number of hydrogen-bond acceptors (Lipinski definition) is 5. The second-order valence-electron chi connectivity index (χ2n) is 8.33. The second-order valence-corrected chi connectivity index (χ2v) is 8.33. The van der Waals surface area contributed by atoms with Crippen molar-refractivity contribution in [1.29, 1.82) is 0 Å². The van der Waals surface area contributed by atoms with E-state index in [1.165, 1.54) is 11.1 Å². The summed E-state index contributed by atoms with van der Waals surface area (Å²) in [6.07, 6.45) is 2.16. The van der Waals surface area contributed by atoms with Crippen molar-refractivity contribution in [2.24, 2.45) is 16.6 Å². The highest BCUT2D eigenvalue weighted by Gasteiger charge is 2.30. The summed E-state index contributed by atoms with van der Waals surface area (Å²) in [6.45, 7) is 14.2. The lowest BCUT2D eigenvalue weighted by molar-refractivity contribution is -0.0678. The average Bonchev–Trinajstić information content (AvgIpc) is 3.07. The molecule has 0 bridgehead atoms. The molecule has 0 aliphatic carbocycles. The molecule has 28 heavy (non-hydrogen) atoms. The predicted molar refractivity (Wildman–Crippen MR) is 117 cm³/mol. The van der Waals surface area contributed by atoms with Gasteiger partial charge in [-0.15, -0.1) is 5.06 Å². The Morgan fingerprint density at radius 1 is 1.32 bits per heavy atom. The normalized spacial score (nSPS) is 18.1. The van der Waals surface area contributed by atoms with E-state index in [1.807, 2.05) is 24.1 Å². The zero-order valence-corrected chi connectivity index (χ0v) is 18.2. The van der Waals surface area contributed by atoms with Crippen LogP contribution in [0.5, 0.6) is 0 Å². The van der Waals surface area contributed by atoms with E-state index in [9.17, 15) is 0 Å². The van der Waals surface area contributed by atoms with Gasteiger partial charge in [-0.25, -0.2) is 0 Å². The third-order valence-electron chi connectivity index (χ3n) is 4.88. The van der Waals surface area contributed by atoms with Gasteiger partial charge in [-0.3, -0.25) is 4.90 Å². The van der Waals surface area contributed by atoms with Crippen molar-refractivity contribution in [1.82, 2.24) is 14.9 Å². The fraction of sp³-hybridized carbons (Fsp3) is 0.591. The predicted octanol–water partition coefficient (Wildman–Crippen LogP) is 2.85. The molecule has 1 unspecified atom stereocenters. The molecule has 1 fully saturated rings. The Bertz CT molecular complexity index is 653. The minimum Gasteiger partial charge on any atom is -0.384 e. The molecule has 1 aliphatic rings. The number of nitrogens with two attached hydrogens (primary N) is 1. The minimum atomic E-state index is 0.249. The molecular weight excluding hydrogens is 350 g/mol. The molecule has 1 aliphatic heterocycles. The average molecular weight is 388 g/mol. The van der Waals surface area contributed by atoms with Crippen LogP contribution in [0.15, 0.2) is 41.7 Å². The number of aliphatic imine (C=N–C) groups is 1. The number of benzene rings is 1. The van der Waals surface area contributed by atoms with Gasteiger partial charge in [0.15, 0.2) is 0 Å². The van der Waals surface area contributed by atoms with E-state index >= 15 is 0 Å². The van der Waals surface area contributed by atoms with E-state index in [4.69, 9.17) is 10.6 Å². The Hall–Kier alpha value is -2.05. The topological polar surface area (TPSA) is 57.3 Å². The molecule has 0 saturated carbocycles. The summed E-state index contributed by atoms with van der Waals surface area (Å²) < 4.78 is 0. The molecule has 0 amide bonds. The van der Waals surface area contributed by atoms with Gasteiger partial charge < -0.3 is 15.5 Å². The van der Waals surface area contributed by atoms with Crippen molar-refractivity contribution in [2.75, 3.05) is 40.3 Å². The molecule has 6 heteroatoms. The SMILES string of the molecule is C=C(N)N=C(ON1CCC(N(CCc2ccc(C)cc2)CC(C)C)C1)N(C)C. The lowest BCUT2D eigenvalue weighted by Gasteiger charge is -2.30. The van der Waals surface area contributed by atoms with Gasteiger partial charge in [0.2, 0.25) is 0 Å². The fourth-order valence-electron chi connectivity index (χ4n) is 3.45. The molecule has 0 radical (unpaired) electrons. The number of aryl methyl sites for hydroxylation is 1. The summed E-state index contributed by atoms with van der Waals surface area (Å²) in [7, 11) is 3.78. The number of nitrogens with zero attached hydrogens (tertiary/aromatic N) is 4. The highest BCUT2D eigenvalue weighted by molar-refractivity contribution is 5.73. The number of rotatable bonds is 8. The molecule has 1 aromatic carbocycles. The maximum atomic E-state index is 5.99. The van der Waals surface area contributed by atoms with Gasteiger partial charge in [-0.1, -0.05) is 50.3 Å². The first-order chi connectivity index (χ1) is 13.2. The fourth-order valence-corrected chi connectivity index (χ4v) is 3.45. The number of hydroxylamine groups is 2. The molecule has 1 atom stereocenters. The Labute approximate surface area is 170 Å². The molecular formula is C22H37N5O. The Morgan fingerprint density at radius 3 is 2.57 bits per heavy atom. The van der Waals surface area contributed by atoms with Crippen LogP contribution in [0.1, 0.15) is 31.4 Å². The first kappa shape index (κ1) is 22.2. The van der Waals surface area contributed by atoms with Gasteiger partial charge in [-0.2, -0.15) is 4.99 Å². The van der Waals surface area contributed by atoms with E-state index in [2.05, 4.69) is 61.5 Å². The van der Waals surface area contributed by atoms with Crippen LogP contribution >= 0.6 is 0 Å². The molecule has 6 nitrogen and oxygen atoms in total. The van der Waals surface area contributed by atoms with Crippen LogP contribution in [0.25, 0.3) is 0 Å². The van der Waals surface area contributed by atoms with Crippen molar-refractivity contribution in [3.05, 3.63) is 47.8 Å². The summed E-state index contributed by atoms with van der Waals surface area (Å²) in [5, 5.41) is 1.99. The maximum absolute atomic E-state index is 5.99. The van der Waals surface area contributed by atoms with E-state index < -0.39 is 0 Å². The highest BCUT2D eigenvalue weighted by Crippen LogP contribution is 2.19. The van der Waals surface area contributed by atoms with Crippen molar-refractivity contribution < 1.29 is 4.84 Å². The third kappa shape index (κ3) is 7.17. The van der Waals surface area contributed by atoms with Crippen LogP contribution in [0.2, 0.25) is 0 Å². The number of hydrogen-bond donors (Lipinski definition) is 1. The summed E-state index contributed by atoms with van der Waals surface area (Å²) in [4.78, 5) is 14.6. The van der Waals surface area contributed by atoms with Crippen LogP contribution in [0.4, 0.5) is 0 Å². The van der Waals surface area contributed by atoms with Gasteiger partial charge in [0, 0.05) is 39.8 Å². The first-order valence-corrected chi connectivity index (χ1v) is 10.2. The lowest BCUT2D eigenvalue weighted by Crippen LogP contribution is -2.42. The van der Waals surface area contributed by atoms with Crippen molar-refractivity contribution >= 4 is 6.02 Å². The summed E-state index contributed by atoms with van der Waals surface area (Å²) >= 11 is 0. The van der Waals surface area contributed by atoms with Gasteiger partial charge in [0.25, 0.3) is 0 Å². The molecule has 156 valence electrons. The van der Waals surface area contributed by atoms with Crippen molar-refractivity contribution in [2.45, 2.75) is 39.7 Å². The monoisotopic (exact) mass is 387 g/mol. The zero-order valence-electron chi connectivity index (χ0n) is 18.2. The van der Waals surface area contributed by atoms with Gasteiger partial charge in [-0.05, 0) is 31.2 Å². The second kappa shape index (κ2) is 10.5. The minimum absolute atomic E-state index is 0.249. The van der Waals surface area contributed by atoms with E-state index in [0.717, 1.165) is 39.0 Å². The van der Waals surface area contributed by atoms with E-state index in [1.54, 1.807) is 0 Å². The van der Waals surface area contributed by atoms with E-state index in [-0.39, 0.29) is 5.82 Å². The standard InChI is InChI=1S/C22H37N5O/c1-17(2)15-26(13-11-20-9-7-18(3)8-10-20)21-12-14-27(16-21)28-22(25(5)6)24-19(4)23/h7-10,17,21H,4,11-16,23H2,1-3,5-6H3. The van der Waals surface area contributed by atoms with Crippen LogP contribution in [-0.4, -0.2) is 67.2 Å². The Kier molecular flexibility index (Phi) is 8.33. The molecule has 2 N–H and O–H groups in total. The van der Waals surface area contributed by atoms with Crippen LogP contribution < -0.4 is 5.73 Å².